The molecule has 4 aromatic rings. The van der Waals surface area contributed by atoms with Gasteiger partial charge in [-0.3, -0.25) is 0 Å². The number of nitrogens with zero attached hydrogens (tertiary/aromatic N) is 1. The third-order valence-electron chi connectivity index (χ3n) is 6.74. The van der Waals surface area contributed by atoms with E-state index in [2.05, 4.69) is 48.2 Å². The van der Waals surface area contributed by atoms with Gasteiger partial charge in [-0.1, -0.05) is 30.3 Å². The Labute approximate surface area is 213 Å². The van der Waals surface area contributed by atoms with Crippen LogP contribution in [0.25, 0.3) is 22.1 Å². The maximum Gasteiger partial charge on any atom is 0.488 e. The van der Waals surface area contributed by atoms with Crippen molar-refractivity contribution < 1.29 is 23.9 Å². The van der Waals surface area contributed by atoms with Crippen molar-refractivity contribution in [3.05, 3.63) is 78.6 Å². The van der Waals surface area contributed by atoms with Crippen molar-refractivity contribution in [3.8, 4) is 22.6 Å². The lowest BCUT2D eigenvalue weighted by Gasteiger charge is -2.19. The predicted octanol–water partition coefficient (Wildman–Crippen LogP) is 4.51. The summed E-state index contributed by atoms with van der Waals surface area (Å²) in [5, 5.41) is 18.6. The molecule has 2 heterocycles. The fraction of sp³-hybridized carbons (Fsp3) is 0.310. The molecule has 36 heavy (non-hydrogen) atoms. The zero-order valence-corrected chi connectivity index (χ0v) is 21.2. The highest BCUT2D eigenvalue weighted by Crippen LogP contribution is 2.28. The second kappa shape index (κ2) is 12.1. The van der Waals surface area contributed by atoms with Crippen molar-refractivity contribution in [2.24, 2.45) is 0 Å². The Kier molecular flexibility index (Phi) is 8.70. The molecule has 2 N–H and O–H groups in total. The Morgan fingerprint density at radius 3 is 2.11 bits per heavy atom. The second-order valence-electron chi connectivity index (χ2n) is 9.12. The van der Waals surface area contributed by atoms with Gasteiger partial charge in [-0.05, 0) is 85.4 Å². The molecular weight excluding hydrogens is 453 g/mol. The Hall–Kier alpha value is -3.26. The van der Waals surface area contributed by atoms with Crippen LogP contribution < -0.4 is 14.9 Å². The van der Waals surface area contributed by atoms with E-state index in [0.29, 0.717) is 17.3 Å². The zero-order chi connectivity index (χ0) is 25.5. The molecule has 0 amide bonds. The van der Waals surface area contributed by atoms with Crippen LogP contribution in [0.15, 0.2) is 77.2 Å². The maximum atomic E-state index is 8.70. The number of likely N-dealkylation sites (tertiary alicyclic amines) is 1. The van der Waals surface area contributed by atoms with Gasteiger partial charge >= 0.3 is 7.12 Å². The second-order valence-corrected chi connectivity index (χ2v) is 9.12. The van der Waals surface area contributed by atoms with Crippen LogP contribution in [-0.2, 0) is 6.42 Å². The molecule has 0 bridgehead atoms. The van der Waals surface area contributed by atoms with Crippen molar-refractivity contribution >= 4 is 23.6 Å². The van der Waals surface area contributed by atoms with E-state index in [4.69, 9.17) is 23.9 Å². The van der Waals surface area contributed by atoms with Gasteiger partial charge in [0.05, 0.1) is 14.2 Å². The summed E-state index contributed by atoms with van der Waals surface area (Å²) in [5.74, 6) is 2.67. The average Bonchev–Trinajstić information content (AvgIpc) is 3.52. The molecule has 0 unspecified atom stereocenters. The van der Waals surface area contributed by atoms with Crippen LogP contribution in [0.3, 0.4) is 0 Å². The highest BCUT2D eigenvalue weighted by molar-refractivity contribution is 6.58. The Morgan fingerprint density at radius 2 is 1.53 bits per heavy atom. The van der Waals surface area contributed by atoms with Crippen LogP contribution in [0.1, 0.15) is 25.5 Å². The summed E-state index contributed by atoms with van der Waals surface area (Å²) in [6, 6.07) is 24.1. The molecule has 6 nitrogen and oxygen atoms in total. The number of rotatable bonds is 7. The minimum atomic E-state index is -1.40. The summed E-state index contributed by atoms with van der Waals surface area (Å²) in [6.07, 6.45) is 3.63. The molecule has 5 rings (SSSR count). The topological polar surface area (TPSA) is 75.3 Å². The van der Waals surface area contributed by atoms with Crippen molar-refractivity contribution in [2.75, 3.05) is 27.3 Å². The molecule has 1 aliphatic heterocycles. The van der Waals surface area contributed by atoms with Gasteiger partial charge in [0.2, 0.25) is 0 Å². The Bertz CT molecular complexity index is 1240. The van der Waals surface area contributed by atoms with Gasteiger partial charge in [-0.15, -0.1) is 0 Å². The van der Waals surface area contributed by atoms with Gasteiger partial charge in [0.25, 0.3) is 0 Å². The van der Waals surface area contributed by atoms with Gasteiger partial charge in [0, 0.05) is 24.4 Å². The molecule has 3 aromatic carbocycles. The molecule has 0 radical (unpaired) electrons. The van der Waals surface area contributed by atoms with Crippen molar-refractivity contribution in [1.29, 1.82) is 0 Å². The number of furan rings is 1. The van der Waals surface area contributed by atoms with Gasteiger partial charge in [-0.2, -0.15) is 0 Å². The first-order valence-corrected chi connectivity index (χ1v) is 12.4. The number of benzene rings is 3. The molecule has 0 aliphatic carbocycles. The normalized spacial score (nSPS) is 15.4. The Morgan fingerprint density at radius 1 is 0.889 bits per heavy atom. The standard InChI is InChI=1S/C22H25NO2.C7H9BO3/c1-16-4-3-12-23(16)13-11-21-15-19-14-18(7-10-22(19)25-21)17-5-8-20(24-2)9-6-17;1-11-7-4-2-6(3-5-7)8(9)10/h5-10,14-16H,3-4,11-13H2,1-2H3;2-5,9-10H,1H3/t16-;/m1./s1. The fourth-order valence-electron chi connectivity index (χ4n) is 4.54. The maximum absolute atomic E-state index is 8.70. The van der Waals surface area contributed by atoms with Crippen LogP contribution in [0, 0.1) is 0 Å². The number of methoxy groups -OCH3 is 2. The fourth-order valence-corrected chi connectivity index (χ4v) is 4.54. The van der Waals surface area contributed by atoms with E-state index in [1.165, 1.54) is 35.9 Å². The largest absolute Gasteiger partial charge is 0.497 e. The summed E-state index contributed by atoms with van der Waals surface area (Å²) in [4.78, 5) is 2.57. The average molecular weight is 487 g/mol. The first-order valence-electron chi connectivity index (χ1n) is 12.4. The molecule has 1 aliphatic rings. The van der Waals surface area contributed by atoms with Gasteiger partial charge in [0.1, 0.15) is 22.8 Å². The summed E-state index contributed by atoms with van der Waals surface area (Å²) >= 11 is 0. The smallest absolute Gasteiger partial charge is 0.488 e. The highest BCUT2D eigenvalue weighted by atomic mass is 16.5. The minimum absolute atomic E-state index is 0.464. The van der Waals surface area contributed by atoms with Crippen molar-refractivity contribution in [1.82, 2.24) is 4.90 Å². The van der Waals surface area contributed by atoms with E-state index in [-0.39, 0.29) is 0 Å². The first-order chi connectivity index (χ1) is 17.5. The van der Waals surface area contributed by atoms with Gasteiger partial charge in [0.15, 0.2) is 0 Å². The number of hydrogen-bond acceptors (Lipinski definition) is 6. The van der Waals surface area contributed by atoms with E-state index >= 15 is 0 Å². The van der Waals surface area contributed by atoms with Crippen LogP contribution in [0.2, 0.25) is 0 Å². The van der Waals surface area contributed by atoms with E-state index in [1.54, 1.807) is 38.5 Å². The minimum Gasteiger partial charge on any atom is -0.497 e. The molecule has 0 spiro atoms. The summed E-state index contributed by atoms with van der Waals surface area (Å²) in [5.41, 5.74) is 3.83. The lowest BCUT2D eigenvalue weighted by molar-refractivity contribution is 0.266. The van der Waals surface area contributed by atoms with Crippen LogP contribution in [-0.4, -0.2) is 55.4 Å². The van der Waals surface area contributed by atoms with E-state index in [9.17, 15) is 0 Å². The Balaban J connectivity index is 0.000000233. The van der Waals surface area contributed by atoms with Crippen molar-refractivity contribution in [2.45, 2.75) is 32.2 Å². The summed E-state index contributed by atoms with van der Waals surface area (Å²) < 4.78 is 16.2. The molecule has 1 saturated heterocycles. The third-order valence-corrected chi connectivity index (χ3v) is 6.74. The summed E-state index contributed by atoms with van der Waals surface area (Å²) in [7, 11) is 1.85. The SMILES string of the molecule is COc1ccc(-c2ccc3oc(CCN4CCC[C@H]4C)cc3c2)cc1.COc1ccc(B(O)O)cc1. The quantitative estimate of drug-likeness (QED) is 0.374. The summed E-state index contributed by atoms with van der Waals surface area (Å²) in [6.45, 7) is 4.64. The van der Waals surface area contributed by atoms with Crippen molar-refractivity contribution in [3.63, 3.8) is 0 Å². The van der Waals surface area contributed by atoms with E-state index in [0.717, 1.165) is 30.1 Å². The van der Waals surface area contributed by atoms with E-state index < -0.39 is 7.12 Å². The molecule has 188 valence electrons. The first kappa shape index (κ1) is 25.8. The van der Waals surface area contributed by atoms with Crippen LogP contribution in [0.4, 0.5) is 0 Å². The van der Waals surface area contributed by atoms with Crippen LogP contribution in [0.5, 0.6) is 11.5 Å². The van der Waals surface area contributed by atoms with E-state index in [1.807, 2.05) is 12.1 Å². The monoisotopic (exact) mass is 487 g/mol. The lowest BCUT2D eigenvalue weighted by atomic mass is 9.80. The predicted molar refractivity (Wildman–Crippen MR) is 145 cm³/mol. The van der Waals surface area contributed by atoms with Crippen LogP contribution >= 0.6 is 0 Å². The molecule has 1 atom stereocenters. The molecule has 0 saturated carbocycles. The van der Waals surface area contributed by atoms with Gasteiger partial charge in [-0.25, -0.2) is 0 Å². The highest BCUT2D eigenvalue weighted by Gasteiger charge is 2.20. The molecule has 1 aromatic heterocycles. The molecular formula is C29H34BNO5. The molecule has 7 heteroatoms. The number of hydrogen-bond donors (Lipinski definition) is 2. The number of ether oxygens (including phenoxy) is 2. The zero-order valence-electron chi connectivity index (χ0n) is 21.2. The third kappa shape index (κ3) is 6.49. The van der Waals surface area contributed by atoms with Gasteiger partial charge < -0.3 is 28.8 Å². The number of fused-ring (bicyclic) bond motifs is 1. The molecule has 1 fully saturated rings. The lowest BCUT2D eigenvalue weighted by Crippen LogP contribution is -2.29.